The Balaban J connectivity index is 1.91. The Morgan fingerprint density at radius 3 is 2.44 bits per heavy atom. The molecule has 18 heavy (non-hydrogen) atoms. The van der Waals surface area contributed by atoms with E-state index in [0.717, 1.165) is 18.9 Å². The van der Waals surface area contributed by atoms with E-state index in [1.54, 1.807) is 7.11 Å². The van der Waals surface area contributed by atoms with Crippen molar-refractivity contribution in [2.75, 3.05) is 13.7 Å². The summed E-state index contributed by atoms with van der Waals surface area (Å²) < 4.78 is 5.16. The fraction of sp³-hybridized carbons (Fsp3) is 0.625. The maximum atomic E-state index is 6.24. The molecule has 0 saturated heterocycles. The highest BCUT2D eigenvalue weighted by atomic mass is 16.5. The monoisotopic (exact) mass is 247 g/mol. The van der Waals surface area contributed by atoms with Gasteiger partial charge in [0, 0.05) is 19.8 Å². The zero-order chi connectivity index (χ0) is 13.0. The molecule has 0 aromatic heterocycles. The van der Waals surface area contributed by atoms with Gasteiger partial charge in [0.25, 0.3) is 0 Å². The van der Waals surface area contributed by atoms with Crippen LogP contribution in [0.3, 0.4) is 0 Å². The van der Waals surface area contributed by atoms with Crippen LogP contribution in [0.4, 0.5) is 0 Å². The van der Waals surface area contributed by atoms with Crippen LogP contribution < -0.4 is 5.73 Å². The third kappa shape index (κ3) is 3.33. The molecule has 2 heteroatoms. The lowest BCUT2D eigenvalue weighted by Gasteiger charge is -2.26. The SMILES string of the molecule is COCC(C)CC(N)c1ccc(C2CCC2)cc1. The lowest BCUT2D eigenvalue weighted by Crippen LogP contribution is -2.17. The summed E-state index contributed by atoms with van der Waals surface area (Å²) >= 11 is 0. The normalized spacial score (nSPS) is 19.3. The van der Waals surface area contributed by atoms with Gasteiger partial charge >= 0.3 is 0 Å². The summed E-state index contributed by atoms with van der Waals surface area (Å²) in [6.45, 7) is 2.97. The van der Waals surface area contributed by atoms with Crippen LogP contribution >= 0.6 is 0 Å². The Morgan fingerprint density at radius 1 is 1.28 bits per heavy atom. The van der Waals surface area contributed by atoms with Crippen molar-refractivity contribution in [2.45, 2.75) is 44.6 Å². The van der Waals surface area contributed by atoms with Crippen molar-refractivity contribution in [3.05, 3.63) is 35.4 Å². The zero-order valence-corrected chi connectivity index (χ0v) is 11.6. The average Bonchev–Trinajstić information content (AvgIpc) is 2.27. The molecule has 0 amide bonds. The predicted molar refractivity (Wildman–Crippen MR) is 75.6 cm³/mol. The second kappa shape index (κ2) is 6.35. The second-order valence-electron chi connectivity index (χ2n) is 5.70. The summed E-state index contributed by atoms with van der Waals surface area (Å²) in [5, 5.41) is 0. The molecule has 100 valence electrons. The number of rotatable bonds is 6. The van der Waals surface area contributed by atoms with Gasteiger partial charge < -0.3 is 10.5 Å². The van der Waals surface area contributed by atoms with Gasteiger partial charge in [-0.15, -0.1) is 0 Å². The number of benzene rings is 1. The van der Waals surface area contributed by atoms with Gasteiger partial charge in [-0.25, -0.2) is 0 Å². The van der Waals surface area contributed by atoms with E-state index in [-0.39, 0.29) is 6.04 Å². The Kier molecular flexibility index (Phi) is 4.79. The van der Waals surface area contributed by atoms with E-state index in [4.69, 9.17) is 10.5 Å². The van der Waals surface area contributed by atoms with E-state index in [0.29, 0.717) is 5.92 Å². The molecule has 0 aliphatic heterocycles. The van der Waals surface area contributed by atoms with E-state index >= 15 is 0 Å². The van der Waals surface area contributed by atoms with Crippen LogP contribution in [0.15, 0.2) is 24.3 Å². The quantitative estimate of drug-likeness (QED) is 0.833. The molecular weight excluding hydrogens is 222 g/mol. The van der Waals surface area contributed by atoms with Gasteiger partial charge in [-0.1, -0.05) is 37.6 Å². The molecular formula is C16H25NO. The summed E-state index contributed by atoms with van der Waals surface area (Å²) in [7, 11) is 1.75. The smallest absolute Gasteiger partial charge is 0.0488 e. The van der Waals surface area contributed by atoms with Crippen molar-refractivity contribution < 1.29 is 4.74 Å². The van der Waals surface area contributed by atoms with E-state index in [1.807, 2.05) is 0 Å². The molecule has 2 rings (SSSR count). The third-order valence-corrected chi connectivity index (χ3v) is 4.05. The van der Waals surface area contributed by atoms with Gasteiger partial charge in [-0.3, -0.25) is 0 Å². The van der Waals surface area contributed by atoms with Crippen molar-refractivity contribution in [3.8, 4) is 0 Å². The molecule has 1 aromatic rings. The number of hydrogen-bond acceptors (Lipinski definition) is 2. The molecule has 2 nitrogen and oxygen atoms in total. The minimum atomic E-state index is 0.130. The standard InChI is InChI=1S/C16H25NO/c1-12(11-18-2)10-16(17)15-8-6-14(7-9-15)13-4-3-5-13/h6-9,12-13,16H,3-5,10-11,17H2,1-2H3. The largest absolute Gasteiger partial charge is 0.384 e. The maximum absolute atomic E-state index is 6.24. The Bertz CT molecular complexity index is 356. The number of ether oxygens (including phenoxy) is 1. The van der Waals surface area contributed by atoms with Crippen LogP contribution in [0.2, 0.25) is 0 Å². The Hall–Kier alpha value is -0.860. The molecule has 2 unspecified atom stereocenters. The van der Waals surface area contributed by atoms with Gasteiger partial charge in [-0.05, 0) is 42.2 Å². The van der Waals surface area contributed by atoms with Crippen molar-refractivity contribution in [2.24, 2.45) is 11.7 Å². The minimum Gasteiger partial charge on any atom is -0.384 e. The van der Waals surface area contributed by atoms with Crippen molar-refractivity contribution in [1.29, 1.82) is 0 Å². The summed E-state index contributed by atoms with van der Waals surface area (Å²) in [6.07, 6.45) is 5.09. The average molecular weight is 247 g/mol. The highest BCUT2D eigenvalue weighted by Gasteiger charge is 2.19. The summed E-state index contributed by atoms with van der Waals surface area (Å²) in [5.41, 5.74) is 8.98. The Morgan fingerprint density at radius 2 is 1.94 bits per heavy atom. The van der Waals surface area contributed by atoms with E-state index < -0.39 is 0 Å². The lowest BCUT2D eigenvalue weighted by molar-refractivity contribution is 0.152. The molecule has 1 saturated carbocycles. The van der Waals surface area contributed by atoms with Crippen LogP contribution in [0, 0.1) is 5.92 Å². The molecule has 1 aliphatic rings. The van der Waals surface area contributed by atoms with Crippen molar-refractivity contribution in [1.82, 2.24) is 0 Å². The molecule has 2 atom stereocenters. The number of methoxy groups -OCH3 is 1. The van der Waals surface area contributed by atoms with Gasteiger partial charge in [-0.2, -0.15) is 0 Å². The van der Waals surface area contributed by atoms with Gasteiger partial charge in [0.1, 0.15) is 0 Å². The lowest BCUT2D eigenvalue weighted by atomic mass is 9.79. The first-order chi connectivity index (χ1) is 8.70. The van der Waals surface area contributed by atoms with Gasteiger partial charge in [0.15, 0.2) is 0 Å². The number of nitrogens with two attached hydrogens (primary N) is 1. The molecule has 0 spiro atoms. The van der Waals surface area contributed by atoms with Crippen LogP contribution in [0.5, 0.6) is 0 Å². The maximum Gasteiger partial charge on any atom is 0.0488 e. The molecule has 1 aromatic carbocycles. The molecule has 1 fully saturated rings. The molecule has 2 N–H and O–H groups in total. The minimum absolute atomic E-state index is 0.130. The molecule has 1 aliphatic carbocycles. The van der Waals surface area contributed by atoms with Crippen LogP contribution in [-0.2, 0) is 4.74 Å². The topological polar surface area (TPSA) is 35.2 Å². The highest BCUT2D eigenvalue weighted by Crippen LogP contribution is 2.36. The summed E-state index contributed by atoms with van der Waals surface area (Å²) in [6, 6.07) is 9.07. The predicted octanol–water partition coefficient (Wildman–Crippen LogP) is 3.63. The van der Waals surface area contributed by atoms with Gasteiger partial charge in [0.2, 0.25) is 0 Å². The van der Waals surface area contributed by atoms with Crippen molar-refractivity contribution in [3.63, 3.8) is 0 Å². The fourth-order valence-electron chi connectivity index (χ4n) is 2.68. The summed E-state index contributed by atoms with van der Waals surface area (Å²) in [4.78, 5) is 0. The van der Waals surface area contributed by atoms with E-state index in [9.17, 15) is 0 Å². The molecule has 0 radical (unpaired) electrons. The number of hydrogen-bond donors (Lipinski definition) is 1. The Labute approximate surface area is 111 Å². The first-order valence-corrected chi connectivity index (χ1v) is 7.05. The fourth-order valence-corrected chi connectivity index (χ4v) is 2.68. The first-order valence-electron chi connectivity index (χ1n) is 7.05. The van der Waals surface area contributed by atoms with E-state index in [1.165, 1.54) is 30.4 Å². The second-order valence-corrected chi connectivity index (χ2v) is 5.70. The molecule has 0 heterocycles. The van der Waals surface area contributed by atoms with E-state index in [2.05, 4.69) is 31.2 Å². The molecule has 0 bridgehead atoms. The van der Waals surface area contributed by atoms with Crippen LogP contribution in [0.25, 0.3) is 0 Å². The first kappa shape index (κ1) is 13.6. The highest BCUT2D eigenvalue weighted by molar-refractivity contribution is 5.28. The summed E-state index contributed by atoms with van der Waals surface area (Å²) in [5.74, 6) is 1.32. The van der Waals surface area contributed by atoms with Crippen molar-refractivity contribution >= 4 is 0 Å². The van der Waals surface area contributed by atoms with Crippen LogP contribution in [-0.4, -0.2) is 13.7 Å². The van der Waals surface area contributed by atoms with Crippen LogP contribution in [0.1, 0.15) is 55.7 Å². The third-order valence-electron chi connectivity index (χ3n) is 4.05. The van der Waals surface area contributed by atoms with Gasteiger partial charge in [0.05, 0.1) is 0 Å². The zero-order valence-electron chi connectivity index (χ0n) is 11.6.